The number of amides is 1. The molecule has 4 rings (SSSR count). The van der Waals surface area contributed by atoms with E-state index < -0.39 is 17.9 Å². The lowest BCUT2D eigenvalue weighted by Gasteiger charge is -2.28. The van der Waals surface area contributed by atoms with Crippen LogP contribution in [0.4, 0.5) is 4.39 Å². The molecule has 0 aliphatic carbocycles. The highest BCUT2D eigenvalue weighted by molar-refractivity contribution is 7.13. The first-order valence-corrected chi connectivity index (χ1v) is 10.8. The van der Waals surface area contributed by atoms with Crippen LogP contribution in [0.3, 0.4) is 0 Å². The SMILES string of the molecule is COCC(c1ccc(Cl)c(-c2nccs2)c1)N1C(=O)C(c2cc(C)cc(F)c2)N=C1N. The average molecular weight is 459 g/mol. The molecule has 2 heterocycles. The van der Waals surface area contributed by atoms with Gasteiger partial charge in [-0.2, -0.15) is 0 Å². The first kappa shape index (κ1) is 21.4. The first-order chi connectivity index (χ1) is 14.9. The standard InChI is InChI=1S/C22H20ClFN4O2S/c1-12-7-14(9-15(24)8-12)19-21(29)28(22(25)27-19)18(11-30-2)13-3-4-17(23)16(10-13)20-26-5-6-31-20/h3-10,18-19H,11H2,1-2H3,(H2,25,27). The molecule has 0 fully saturated rings. The van der Waals surface area contributed by atoms with E-state index in [2.05, 4.69) is 9.98 Å². The van der Waals surface area contributed by atoms with Crippen molar-refractivity contribution in [2.45, 2.75) is 19.0 Å². The zero-order valence-corrected chi connectivity index (χ0v) is 18.5. The van der Waals surface area contributed by atoms with Crippen molar-refractivity contribution in [3.05, 3.63) is 75.5 Å². The number of ether oxygens (including phenoxy) is 1. The predicted octanol–water partition coefficient (Wildman–Crippen LogP) is 4.50. The zero-order chi connectivity index (χ0) is 22.1. The Morgan fingerprint density at radius 1 is 1.32 bits per heavy atom. The molecule has 9 heteroatoms. The molecule has 0 bridgehead atoms. The summed E-state index contributed by atoms with van der Waals surface area (Å²) in [7, 11) is 1.55. The summed E-state index contributed by atoms with van der Waals surface area (Å²) in [5.41, 5.74) is 8.87. The minimum absolute atomic E-state index is 0.0599. The van der Waals surface area contributed by atoms with Gasteiger partial charge in [-0.25, -0.2) is 14.4 Å². The van der Waals surface area contributed by atoms with Crippen molar-refractivity contribution in [1.29, 1.82) is 0 Å². The van der Waals surface area contributed by atoms with Crippen molar-refractivity contribution in [2.75, 3.05) is 13.7 Å². The Labute approximate surface area is 188 Å². The summed E-state index contributed by atoms with van der Waals surface area (Å²) in [6.07, 6.45) is 1.70. The molecule has 2 unspecified atom stereocenters. The van der Waals surface area contributed by atoms with Gasteiger partial charge in [0.1, 0.15) is 10.8 Å². The van der Waals surface area contributed by atoms with Gasteiger partial charge < -0.3 is 10.5 Å². The van der Waals surface area contributed by atoms with E-state index in [1.807, 2.05) is 17.5 Å². The number of halogens is 2. The molecular weight excluding hydrogens is 439 g/mol. The van der Waals surface area contributed by atoms with Crippen LogP contribution in [0.25, 0.3) is 10.6 Å². The number of nitrogens with two attached hydrogens (primary N) is 1. The molecule has 2 atom stereocenters. The highest BCUT2D eigenvalue weighted by Crippen LogP contribution is 2.36. The fraction of sp³-hybridized carbons (Fsp3) is 0.227. The topological polar surface area (TPSA) is 80.8 Å². The van der Waals surface area contributed by atoms with Gasteiger partial charge in [0, 0.05) is 24.3 Å². The number of hydrogen-bond acceptors (Lipinski definition) is 6. The van der Waals surface area contributed by atoms with Gasteiger partial charge in [0.2, 0.25) is 0 Å². The van der Waals surface area contributed by atoms with Crippen LogP contribution >= 0.6 is 22.9 Å². The quantitative estimate of drug-likeness (QED) is 0.589. The molecule has 0 saturated heterocycles. The number of aliphatic imine (C=N–C) groups is 1. The van der Waals surface area contributed by atoms with Crippen LogP contribution in [0, 0.1) is 12.7 Å². The number of rotatable bonds is 6. The fourth-order valence-electron chi connectivity index (χ4n) is 3.70. The number of thiazole rings is 1. The summed E-state index contributed by atoms with van der Waals surface area (Å²) in [6, 6.07) is 8.47. The lowest BCUT2D eigenvalue weighted by Crippen LogP contribution is -2.42. The molecule has 2 aromatic carbocycles. The average Bonchev–Trinajstić information content (AvgIpc) is 3.35. The van der Waals surface area contributed by atoms with E-state index in [0.29, 0.717) is 16.1 Å². The number of nitrogens with zero attached hydrogens (tertiary/aromatic N) is 3. The maximum absolute atomic E-state index is 13.9. The van der Waals surface area contributed by atoms with E-state index in [-0.39, 0.29) is 18.5 Å². The number of benzene rings is 2. The Bertz CT molecular complexity index is 1130. The monoisotopic (exact) mass is 458 g/mol. The molecule has 1 aliphatic heterocycles. The van der Waals surface area contributed by atoms with Gasteiger partial charge in [0.05, 0.1) is 17.7 Å². The minimum Gasteiger partial charge on any atom is -0.382 e. The maximum Gasteiger partial charge on any atom is 0.259 e. The third-order valence-electron chi connectivity index (χ3n) is 5.03. The maximum atomic E-state index is 13.9. The first-order valence-electron chi connectivity index (χ1n) is 9.50. The predicted molar refractivity (Wildman–Crippen MR) is 120 cm³/mol. The van der Waals surface area contributed by atoms with Crippen molar-refractivity contribution >= 4 is 34.8 Å². The summed E-state index contributed by atoms with van der Waals surface area (Å²) in [5.74, 6) is -0.700. The molecule has 0 saturated carbocycles. The highest BCUT2D eigenvalue weighted by Gasteiger charge is 2.39. The van der Waals surface area contributed by atoms with Crippen LogP contribution in [-0.2, 0) is 9.53 Å². The van der Waals surface area contributed by atoms with E-state index in [4.69, 9.17) is 22.1 Å². The minimum atomic E-state index is -0.903. The van der Waals surface area contributed by atoms with Gasteiger partial charge in [-0.3, -0.25) is 9.69 Å². The second-order valence-electron chi connectivity index (χ2n) is 7.21. The van der Waals surface area contributed by atoms with Crippen LogP contribution in [0.1, 0.15) is 28.8 Å². The Morgan fingerprint density at radius 2 is 2.13 bits per heavy atom. The van der Waals surface area contributed by atoms with Gasteiger partial charge in [0.25, 0.3) is 5.91 Å². The molecule has 2 N–H and O–H groups in total. The van der Waals surface area contributed by atoms with Crippen molar-refractivity contribution in [3.63, 3.8) is 0 Å². The van der Waals surface area contributed by atoms with Crippen molar-refractivity contribution < 1.29 is 13.9 Å². The van der Waals surface area contributed by atoms with Crippen molar-refractivity contribution in [3.8, 4) is 10.6 Å². The van der Waals surface area contributed by atoms with Gasteiger partial charge in [-0.05, 0) is 47.9 Å². The third-order valence-corrected chi connectivity index (χ3v) is 6.17. The van der Waals surface area contributed by atoms with Gasteiger partial charge in [-0.1, -0.05) is 23.7 Å². The number of hydrogen-bond donors (Lipinski definition) is 1. The van der Waals surface area contributed by atoms with Crippen molar-refractivity contribution in [1.82, 2.24) is 9.88 Å². The molecule has 6 nitrogen and oxygen atoms in total. The van der Waals surface area contributed by atoms with E-state index in [1.165, 1.54) is 28.4 Å². The summed E-state index contributed by atoms with van der Waals surface area (Å²) in [5, 5.41) is 3.19. The zero-order valence-electron chi connectivity index (χ0n) is 16.9. The van der Waals surface area contributed by atoms with E-state index in [1.54, 1.807) is 32.4 Å². The van der Waals surface area contributed by atoms with Gasteiger partial charge in [0.15, 0.2) is 12.0 Å². The number of carbonyl (C=O) groups is 1. The van der Waals surface area contributed by atoms with Crippen LogP contribution < -0.4 is 5.73 Å². The molecule has 3 aromatic rings. The second kappa shape index (κ2) is 8.74. The number of aromatic nitrogens is 1. The molecule has 1 aromatic heterocycles. The number of aryl methyl sites for hydroxylation is 1. The van der Waals surface area contributed by atoms with E-state index in [9.17, 15) is 9.18 Å². The normalized spacial score (nSPS) is 17.2. The van der Waals surface area contributed by atoms with Gasteiger partial charge in [-0.15, -0.1) is 11.3 Å². The molecular formula is C22H20ClFN4O2S. The number of guanidine groups is 1. The summed E-state index contributed by atoms with van der Waals surface area (Å²) >= 11 is 7.86. The molecule has 0 spiro atoms. The van der Waals surface area contributed by atoms with E-state index >= 15 is 0 Å². The Kier molecular flexibility index (Phi) is 6.04. The largest absolute Gasteiger partial charge is 0.382 e. The molecule has 0 radical (unpaired) electrons. The number of carbonyl (C=O) groups excluding carboxylic acids is 1. The van der Waals surface area contributed by atoms with Crippen LogP contribution in [-0.4, -0.2) is 35.5 Å². The smallest absolute Gasteiger partial charge is 0.259 e. The summed E-state index contributed by atoms with van der Waals surface area (Å²) in [6.45, 7) is 1.95. The molecule has 160 valence electrons. The Hall–Kier alpha value is -2.81. The Morgan fingerprint density at radius 3 is 2.81 bits per heavy atom. The summed E-state index contributed by atoms with van der Waals surface area (Å²) < 4.78 is 19.3. The van der Waals surface area contributed by atoms with Crippen molar-refractivity contribution in [2.24, 2.45) is 10.7 Å². The lowest BCUT2D eigenvalue weighted by molar-refractivity contribution is -0.130. The van der Waals surface area contributed by atoms with Crippen LogP contribution in [0.15, 0.2) is 53.0 Å². The van der Waals surface area contributed by atoms with Crippen LogP contribution in [0.2, 0.25) is 5.02 Å². The van der Waals surface area contributed by atoms with Gasteiger partial charge >= 0.3 is 0 Å². The Balaban J connectivity index is 1.72. The highest BCUT2D eigenvalue weighted by atomic mass is 35.5. The molecule has 1 amide bonds. The third kappa shape index (κ3) is 4.19. The number of methoxy groups -OCH3 is 1. The lowest BCUT2D eigenvalue weighted by atomic mass is 10.0. The summed E-state index contributed by atoms with van der Waals surface area (Å²) in [4.78, 5) is 23.4. The second-order valence-corrected chi connectivity index (χ2v) is 8.51. The van der Waals surface area contributed by atoms with Crippen LogP contribution in [0.5, 0.6) is 0 Å². The van der Waals surface area contributed by atoms with E-state index in [0.717, 1.165) is 16.1 Å². The molecule has 31 heavy (non-hydrogen) atoms. The fourth-order valence-corrected chi connectivity index (χ4v) is 4.63. The molecule has 1 aliphatic rings.